The fourth-order valence-corrected chi connectivity index (χ4v) is 3.81. The van der Waals surface area contributed by atoms with Crippen LogP contribution in [0.2, 0.25) is 15.1 Å². The molecule has 150 valence electrons. The predicted octanol–water partition coefficient (Wildman–Crippen LogP) is 6.70. The maximum atomic E-state index is 13.2. The molecule has 1 N–H and O–H groups in total. The van der Waals surface area contributed by atoms with E-state index in [1.807, 2.05) is 49.4 Å². The Morgan fingerprint density at radius 3 is 2.30 bits per heavy atom. The molecule has 0 unspecified atom stereocenters. The Balaban J connectivity index is 1.77. The molecule has 30 heavy (non-hydrogen) atoms. The minimum Gasteiger partial charge on any atom is -0.318 e. The number of anilines is 1. The van der Waals surface area contributed by atoms with E-state index in [2.05, 4.69) is 5.32 Å². The van der Waals surface area contributed by atoms with Gasteiger partial charge in [0.25, 0.3) is 11.7 Å². The van der Waals surface area contributed by atoms with E-state index in [-0.39, 0.29) is 26.4 Å². The van der Waals surface area contributed by atoms with Crippen LogP contribution in [-0.2, 0) is 4.79 Å². The first-order valence-electron chi connectivity index (χ1n) is 9.02. The highest BCUT2D eigenvalue weighted by atomic mass is 35.5. The third-order valence-corrected chi connectivity index (χ3v) is 5.76. The zero-order chi connectivity index (χ0) is 21.4. The normalized spacial score (nSPS) is 10.9. The smallest absolute Gasteiger partial charge is 0.298 e. The van der Waals surface area contributed by atoms with Crippen molar-refractivity contribution in [3.05, 3.63) is 93.2 Å². The third-order valence-electron chi connectivity index (χ3n) is 4.72. The number of halogens is 3. The molecule has 0 bridgehead atoms. The zero-order valence-corrected chi connectivity index (χ0v) is 18.0. The molecule has 2 aromatic heterocycles. The number of benzene rings is 2. The fourth-order valence-electron chi connectivity index (χ4n) is 3.21. The minimum atomic E-state index is -0.826. The minimum absolute atomic E-state index is 0.185. The maximum absolute atomic E-state index is 13.2. The second kappa shape index (κ2) is 8.15. The molecule has 0 aliphatic heterocycles. The van der Waals surface area contributed by atoms with Gasteiger partial charge in [-0.1, -0.05) is 70.7 Å². The monoisotopic (exact) mass is 456 g/mol. The number of hydrogen-bond acceptors (Lipinski definition) is 2. The number of carbonyl (C=O) groups excluding carboxylic acids is 2. The summed E-state index contributed by atoms with van der Waals surface area (Å²) in [6.07, 6.45) is 1.75. The van der Waals surface area contributed by atoms with Gasteiger partial charge in [-0.2, -0.15) is 0 Å². The first-order valence-corrected chi connectivity index (χ1v) is 10.2. The second-order valence-electron chi connectivity index (χ2n) is 6.80. The lowest BCUT2D eigenvalue weighted by Gasteiger charge is -2.10. The molecule has 2 aromatic carbocycles. The van der Waals surface area contributed by atoms with Crippen molar-refractivity contribution in [2.75, 3.05) is 5.32 Å². The van der Waals surface area contributed by atoms with Gasteiger partial charge in [0.05, 0.1) is 20.8 Å². The Bertz CT molecular complexity index is 1290. The maximum Gasteiger partial charge on any atom is 0.298 e. The number of nitrogens with one attached hydrogen (secondary N) is 1. The van der Waals surface area contributed by atoms with Crippen molar-refractivity contribution in [3.63, 3.8) is 0 Å². The standard InChI is InChI=1S/C23H15Cl3N2O2/c1-13-5-7-14(8-6-13)16-10-15-4-2-3-9-28(15)21(16)22(29)23(30)27-20-12-18(25)17(24)11-19(20)26/h2-12H,1H3,(H,27,30). The fraction of sp³-hybridized carbons (Fsp3) is 0.0435. The van der Waals surface area contributed by atoms with Gasteiger partial charge in [0, 0.05) is 17.3 Å². The summed E-state index contributed by atoms with van der Waals surface area (Å²) in [7, 11) is 0. The number of pyridine rings is 1. The van der Waals surface area contributed by atoms with Crippen LogP contribution in [0.4, 0.5) is 5.69 Å². The van der Waals surface area contributed by atoms with E-state index in [0.29, 0.717) is 5.56 Å². The molecule has 7 heteroatoms. The van der Waals surface area contributed by atoms with Crippen molar-refractivity contribution in [2.45, 2.75) is 6.92 Å². The highest BCUT2D eigenvalue weighted by Crippen LogP contribution is 2.33. The van der Waals surface area contributed by atoms with E-state index in [1.54, 1.807) is 16.7 Å². The van der Waals surface area contributed by atoms with Crippen LogP contribution < -0.4 is 5.32 Å². The largest absolute Gasteiger partial charge is 0.318 e. The van der Waals surface area contributed by atoms with E-state index in [9.17, 15) is 9.59 Å². The van der Waals surface area contributed by atoms with Crippen molar-refractivity contribution in [2.24, 2.45) is 0 Å². The molecule has 4 rings (SSSR count). The number of fused-ring (bicyclic) bond motifs is 1. The molecule has 0 radical (unpaired) electrons. The summed E-state index contributed by atoms with van der Waals surface area (Å²) in [5, 5.41) is 3.20. The molecule has 4 nitrogen and oxygen atoms in total. The van der Waals surface area contributed by atoms with Gasteiger partial charge in [-0.05, 0) is 42.8 Å². The highest BCUT2D eigenvalue weighted by molar-refractivity contribution is 6.49. The first kappa shape index (κ1) is 20.5. The van der Waals surface area contributed by atoms with E-state index >= 15 is 0 Å². The van der Waals surface area contributed by atoms with Crippen LogP contribution in [0.3, 0.4) is 0 Å². The van der Waals surface area contributed by atoms with E-state index < -0.39 is 11.7 Å². The Hall–Kier alpha value is -2.79. The molecule has 4 aromatic rings. The highest BCUT2D eigenvalue weighted by Gasteiger charge is 2.25. The lowest BCUT2D eigenvalue weighted by molar-refractivity contribution is -0.112. The van der Waals surface area contributed by atoms with Crippen molar-refractivity contribution >= 4 is 57.7 Å². The third kappa shape index (κ3) is 3.82. The van der Waals surface area contributed by atoms with Gasteiger partial charge in [-0.3, -0.25) is 9.59 Å². The molecule has 0 atom stereocenters. The molecule has 2 heterocycles. The average molecular weight is 458 g/mol. The molecular formula is C23H15Cl3N2O2. The number of amides is 1. The average Bonchev–Trinajstić information content (AvgIpc) is 3.11. The summed E-state index contributed by atoms with van der Waals surface area (Å²) in [6, 6.07) is 18.0. The van der Waals surface area contributed by atoms with Gasteiger partial charge >= 0.3 is 0 Å². The lowest BCUT2D eigenvalue weighted by atomic mass is 10.0. The van der Waals surface area contributed by atoms with Crippen LogP contribution >= 0.6 is 34.8 Å². The molecule has 0 aliphatic rings. The number of aromatic nitrogens is 1. The number of aryl methyl sites for hydroxylation is 1. The number of nitrogens with zero attached hydrogens (tertiary/aromatic N) is 1. The molecule has 0 aliphatic carbocycles. The number of hydrogen-bond donors (Lipinski definition) is 1. The summed E-state index contributed by atoms with van der Waals surface area (Å²) in [5.74, 6) is -1.52. The van der Waals surface area contributed by atoms with Crippen LogP contribution in [0.25, 0.3) is 16.6 Å². The summed E-state index contributed by atoms with van der Waals surface area (Å²) < 4.78 is 1.70. The number of rotatable bonds is 4. The van der Waals surface area contributed by atoms with Gasteiger partial charge in [0.15, 0.2) is 0 Å². The first-order chi connectivity index (χ1) is 14.3. The molecule has 0 fully saturated rings. The van der Waals surface area contributed by atoms with E-state index in [0.717, 1.165) is 16.6 Å². The van der Waals surface area contributed by atoms with Crippen LogP contribution in [0.1, 0.15) is 16.1 Å². The van der Waals surface area contributed by atoms with Crippen LogP contribution in [-0.4, -0.2) is 16.1 Å². The van der Waals surface area contributed by atoms with Crippen molar-refractivity contribution < 1.29 is 9.59 Å². The van der Waals surface area contributed by atoms with Crippen LogP contribution in [0.15, 0.2) is 66.9 Å². The van der Waals surface area contributed by atoms with Crippen LogP contribution in [0.5, 0.6) is 0 Å². The SMILES string of the molecule is Cc1ccc(-c2cc3ccccn3c2C(=O)C(=O)Nc2cc(Cl)c(Cl)cc2Cl)cc1. The van der Waals surface area contributed by atoms with Crippen LogP contribution in [0, 0.1) is 6.92 Å². The predicted molar refractivity (Wildman–Crippen MR) is 122 cm³/mol. The molecule has 0 spiro atoms. The van der Waals surface area contributed by atoms with Crippen molar-refractivity contribution in [3.8, 4) is 11.1 Å². The summed E-state index contributed by atoms with van der Waals surface area (Å²) >= 11 is 18.1. The topological polar surface area (TPSA) is 50.6 Å². The number of ketones is 1. The molecule has 1 amide bonds. The summed E-state index contributed by atoms with van der Waals surface area (Å²) in [6.45, 7) is 1.99. The van der Waals surface area contributed by atoms with Gasteiger partial charge in [-0.25, -0.2) is 0 Å². The van der Waals surface area contributed by atoms with Crippen molar-refractivity contribution in [1.82, 2.24) is 4.40 Å². The Morgan fingerprint density at radius 2 is 1.57 bits per heavy atom. The molecule has 0 saturated heterocycles. The summed E-state index contributed by atoms with van der Waals surface area (Å²) in [4.78, 5) is 26.0. The molecular weight excluding hydrogens is 443 g/mol. The number of carbonyl (C=O) groups is 2. The zero-order valence-electron chi connectivity index (χ0n) is 15.7. The second-order valence-corrected chi connectivity index (χ2v) is 8.02. The van der Waals surface area contributed by atoms with Gasteiger partial charge in [0.1, 0.15) is 5.69 Å². The number of Topliss-reactive ketones (excluding diaryl/α,β-unsaturated/α-hetero) is 1. The Morgan fingerprint density at radius 1 is 0.867 bits per heavy atom. The van der Waals surface area contributed by atoms with Gasteiger partial charge in [0.2, 0.25) is 0 Å². The van der Waals surface area contributed by atoms with Gasteiger partial charge < -0.3 is 9.72 Å². The van der Waals surface area contributed by atoms with E-state index in [4.69, 9.17) is 34.8 Å². The lowest BCUT2D eigenvalue weighted by Crippen LogP contribution is -2.24. The summed E-state index contributed by atoms with van der Waals surface area (Å²) in [5.41, 5.74) is 3.89. The van der Waals surface area contributed by atoms with E-state index in [1.165, 1.54) is 12.1 Å². The molecule has 0 saturated carbocycles. The Labute approximate surface area is 188 Å². The quantitative estimate of drug-likeness (QED) is 0.211. The van der Waals surface area contributed by atoms with Gasteiger partial charge in [-0.15, -0.1) is 0 Å². The Kier molecular flexibility index (Phi) is 5.56. The van der Waals surface area contributed by atoms with Crippen molar-refractivity contribution in [1.29, 1.82) is 0 Å².